The molecule has 2 atom stereocenters. The van der Waals surface area contributed by atoms with E-state index in [0.29, 0.717) is 17.4 Å². The summed E-state index contributed by atoms with van der Waals surface area (Å²) < 4.78 is 0. The van der Waals surface area contributed by atoms with Crippen LogP contribution in [0.5, 0.6) is 0 Å². The molecule has 2 saturated heterocycles. The standard InChI is InChI=1S/C16H29N3O/c1-16(2)10-12(16)11-18-15(20)14-4-3-9-19(14)13-5-7-17-8-6-13/h12-14,17H,3-11H2,1-2H3,(H,18,20). The Hall–Kier alpha value is -0.610. The molecule has 3 rings (SSSR count). The van der Waals surface area contributed by atoms with Gasteiger partial charge >= 0.3 is 0 Å². The normalized spacial score (nSPS) is 34.1. The predicted octanol–water partition coefficient (Wildman–Crippen LogP) is 1.37. The minimum atomic E-state index is 0.139. The van der Waals surface area contributed by atoms with Crippen LogP contribution < -0.4 is 10.6 Å². The number of piperidine rings is 1. The van der Waals surface area contributed by atoms with Crippen LogP contribution >= 0.6 is 0 Å². The molecule has 4 heteroatoms. The van der Waals surface area contributed by atoms with E-state index in [1.165, 1.54) is 25.7 Å². The first kappa shape index (κ1) is 14.3. The van der Waals surface area contributed by atoms with Crippen LogP contribution in [0, 0.1) is 11.3 Å². The van der Waals surface area contributed by atoms with E-state index in [4.69, 9.17) is 0 Å². The number of nitrogens with zero attached hydrogens (tertiary/aromatic N) is 1. The van der Waals surface area contributed by atoms with Crippen LogP contribution in [0.2, 0.25) is 0 Å². The fraction of sp³-hybridized carbons (Fsp3) is 0.938. The Labute approximate surface area is 122 Å². The molecule has 0 aromatic carbocycles. The fourth-order valence-electron chi connectivity index (χ4n) is 3.91. The lowest BCUT2D eigenvalue weighted by Gasteiger charge is -2.35. The second-order valence-corrected chi connectivity index (χ2v) is 7.51. The van der Waals surface area contributed by atoms with Gasteiger partial charge in [-0.25, -0.2) is 0 Å². The third kappa shape index (κ3) is 3.01. The van der Waals surface area contributed by atoms with Crippen molar-refractivity contribution in [3.05, 3.63) is 0 Å². The van der Waals surface area contributed by atoms with E-state index < -0.39 is 0 Å². The lowest BCUT2D eigenvalue weighted by atomic mass is 10.0. The van der Waals surface area contributed by atoms with E-state index >= 15 is 0 Å². The van der Waals surface area contributed by atoms with Crippen LogP contribution in [0.3, 0.4) is 0 Å². The van der Waals surface area contributed by atoms with E-state index in [0.717, 1.165) is 32.6 Å². The van der Waals surface area contributed by atoms with E-state index in [9.17, 15) is 4.79 Å². The molecule has 0 radical (unpaired) electrons. The molecule has 2 aliphatic heterocycles. The molecule has 3 aliphatic rings. The molecular weight excluding hydrogens is 250 g/mol. The summed E-state index contributed by atoms with van der Waals surface area (Å²) in [4.78, 5) is 15.0. The number of carbonyl (C=O) groups excluding carboxylic acids is 1. The largest absolute Gasteiger partial charge is 0.354 e. The zero-order valence-corrected chi connectivity index (χ0v) is 13.0. The maximum absolute atomic E-state index is 12.5. The SMILES string of the molecule is CC1(C)CC1CNC(=O)C1CCCN1C1CCNCC1. The summed E-state index contributed by atoms with van der Waals surface area (Å²) in [5.74, 6) is 0.976. The highest BCUT2D eigenvalue weighted by atomic mass is 16.2. The highest BCUT2D eigenvalue weighted by molar-refractivity contribution is 5.82. The number of nitrogens with one attached hydrogen (secondary N) is 2. The predicted molar refractivity (Wildman–Crippen MR) is 80.5 cm³/mol. The van der Waals surface area contributed by atoms with Gasteiger partial charge in [0.2, 0.25) is 5.91 Å². The number of carbonyl (C=O) groups is 1. The van der Waals surface area contributed by atoms with Crippen LogP contribution in [-0.2, 0) is 4.79 Å². The maximum atomic E-state index is 12.5. The van der Waals surface area contributed by atoms with Crippen LogP contribution in [0.1, 0.15) is 46.0 Å². The Kier molecular flexibility index (Phi) is 4.04. The average Bonchev–Trinajstić information content (AvgIpc) is 2.88. The molecule has 1 aliphatic carbocycles. The molecule has 0 spiro atoms. The lowest BCUT2D eigenvalue weighted by molar-refractivity contribution is -0.126. The lowest BCUT2D eigenvalue weighted by Crippen LogP contribution is -2.51. The van der Waals surface area contributed by atoms with Crippen molar-refractivity contribution >= 4 is 5.91 Å². The summed E-state index contributed by atoms with van der Waals surface area (Å²) in [6.45, 7) is 8.78. The molecule has 0 aromatic rings. The number of amides is 1. The zero-order valence-electron chi connectivity index (χ0n) is 13.0. The van der Waals surface area contributed by atoms with Gasteiger partial charge in [-0.1, -0.05) is 13.8 Å². The average molecular weight is 279 g/mol. The quantitative estimate of drug-likeness (QED) is 0.817. The topological polar surface area (TPSA) is 44.4 Å². The van der Waals surface area contributed by atoms with Crippen molar-refractivity contribution in [1.82, 2.24) is 15.5 Å². The van der Waals surface area contributed by atoms with Gasteiger partial charge < -0.3 is 10.6 Å². The Bertz CT molecular complexity index is 363. The summed E-state index contributed by atoms with van der Waals surface area (Å²) in [6.07, 6.45) is 5.87. The van der Waals surface area contributed by atoms with Crippen LogP contribution in [0.15, 0.2) is 0 Å². The second-order valence-electron chi connectivity index (χ2n) is 7.51. The Morgan fingerprint density at radius 1 is 1.30 bits per heavy atom. The second kappa shape index (κ2) is 5.64. The number of hydrogen-bond acceptors (Lipinski definition) is 3. The Morgan fingerprint density at radius 2 is 2.00 bits per heavy atom. The van der Waals surface area contributed by atoms with Crippen molar-refractivity contribution in [3.8, 4) is 0 Å². The highest BCUT2D eigenvalue weighted by Crippen LogP contribution is 2.51. The van der Waals surface area contributed by atoms with Crippen molar-refractivity contribution < 1.29 is 4.79 Å². The Balaban J connectivity index is 1.50. The molecule has 0 aromatic heterocycles. The van der Waals surface area contributed by atoms with E-state index in [-0.39, 0.29) is 11.9 Å². The van der Waals surface area contributed by atoms with Crippen molar-refractivity contribution in [2.75, 3.05) is 26.2 Å². The van der Waals surface area contributed by atoms with Gasteiger partial charge in [-0.3, -0.25) is 9.69 Å². The minimum Gasteiger partial charge on any atom is -0.354 e. The summed E-state index contributed by atoms with van der Waals surface area (Å²) in [7, 11) is 0. The molecule has 114 valence electrons. The molecule has 2 heterocycles. The van der Waals surface area contributed by atoms with Gasteiger partial charge in [-0.2, -0.15) is 0 Å². The minimum absolute atomic E-state index is 0.139. The smallest absolute Gasteiger partial charge is 0.237 e. The van der Waals surface area contributed by atoms with Crippen molar-refractivity contribution in [2.24, 2.45) is 11.3 Å². The Morgan fingerprint density at radius 3 is 2.65 bits per heavy atom. The monoisotopic (exact) mass is 279 g/mol. The number of likely N-dealkylation sites (tertiary alicyclic amines) is 1. The van der Waals surface area contributed by atoms with Crippen molar-refractivity contribution in [2.45, 2.75) is 58.0 Å². The third-order valence-corrected chi connectivity index (χ3v) is 5.61. The highest BCUT2D eigenvalue weighted by Gasteiger charge is 2.45. The molecular formula is C16H29N3O. The molecule has 2 unspecified atom stereocenters. The first-order valence-electron chi connectivity index (χ1n) is 8.32. The van der Waals surface area contributed by atoms with E-state index in [2.05, 4.69) is 29.4 Å². The van der Waals surface area contributed by atoms with E-state index in [1.54, 1.807) is 0 Å². The van der Waals surface area contributed by atoms with Crippen molar-refractivity contribution in [3.63, 3.8) is 0 Å². The fourth-order valence-corrected chi connectivity index (χ4v) is 3.91. The van der Waals surface area contributed by atoms with Crippen LogP contribution in [-0.4, -0.2) is 49.1 Å². The molecule has 1 saturated carbocycles. The van der Waals surface area contributed by atoms with Gasteiger partial charge in [0.05, 0.1) is 6.04 Å². The van der Waals surface area contributed by atoms with Gasteiger partial charge in [0.15, 0.2) is 0 Å². The zero-order chi connectivity index (χ0) is 14.2. The number of rotatable bonds is 4. The van der Waals surface area contributed by atoms with Crippen LogP contribution in [0.4, 0.5) is 0 Å². The summed E-state index contributed by atoms with van der Waals surface area (Å²) in [5, 5.41) is 6.63. The van der Waals surface area contributed by atoms with Gasteiger partial charge in [-0.05, 0) is 63.1 Å². The number of hydrogen-bond donors (Lipinski definition) is 2. The molecule has 2 N–H and O–H groups in total. The van der Waals surface area contributed by atoms with Gasteiger partial charge in [-0.15, -0.1) is 0 Å². The first-order chi connectivity index (χ1) is 9.58. The van der Waals surface area contributed by atoms with E-state index in [1.807, 2.05) is 0 Å². The summed E-state index contributed by atoms with van der Waals surface area (Å²) in [6, 6.07) is 0.756. The van der Waals surface area contributed by atoms with Crippen molar-refractivity contribution in [1.29, 1.82) is 0 Å². The third-order valence-electron chi connectivity index (χ3n) is 5.61. The molecule has 0 bridgehead atoms. The van der Waals surface area contributed by atoms with Gasteiger partial charge in [0, 0.05) is 12.6 Å². The van der Waals surface area contributed by atoms with Gasteiger partial charge in [0.1, 0.15) is 0 Å². The molecule has 3 fully saturated rings. The first-order valence-corrected chi connectivity index (χ1v) is 8.32. The molecule has 1 amide bonds. The summed E-state index contributed by atoms with van der Waals surface area (Å²) >= 11 is 0. The maximum Gasteiger partial charge on any atom is 0.237 e. The van der Waals surface area contributed by atoms with Gasteiger partial charge in [0.25, 0.3) is 0 Å². The molecule has 4 nitrogen and oxygen atoms in total. The van der Waals surface area contributed by atoms with Crippen LogP contribution in [0.25, 0.3) is 0 Å². The summed E-state index contributed by atoms with van der Waals surface area (Å²) in [5.41, 5.74) is 0.456. The molecule has 20 heavy (non-hydrogen) atoms.